The van der Waals surface area contributed by atoms with Crippen molar-refractivity contribution in [2.24, 2.45) is 0 Å². The molecule has 0 unspecified atom stereocenters. The summed E-state index contributed by atoms with van der Waals surface area (Å²) in [6.45, 7) is 23.2. The van der Waals surface area contributed by atoms with Crippen molar-refractivity contribution in [1.29, 1.82) is 5.26 Å². The lowest BCUT2D eigenvalue weighted by atomic mass is 9.70. The maximum Gasteiger partial charge on any atom is 0.102 e. The van der Waals surface area contributed by atoms with Crippen LogP contribution >= 0.6 is 0 Å². The first kappa shape index (κ1) is 61.3. The van der Waals surface area contributed by atoms with E-state index in [-0.39, 0.29) is 0 Å². The van der Waals surface area contributed by atoms with Gasteiger partial charge < -0.3 is 19.4 Å². The van der Waals surface area contributed by atoms with Crippen molar-refractivity contribution in [1.82, 2.24) is 0 Å². The monoisotopic (exact) mass is 1280 g/mol. The Bertz CT molecular complexity index is 5150. The fraction of sp³-hybridized carbons (Fsp3) is 0.160. The number of anilines is 9. The van der Waals surface area contributed by atoms with Crippen LogP contribution in [0, 0.1) is 11.3 Å². The molecule has 0 spiro atoms. The van der Waals surface area contributed by atoms with E-state index in [1.165, 1.54) is 11.1 Å². The molecule has 0 radical (unpaired) electrons. The number of hydrogen-bond acceptors (Lipinski definition) is 5. The summed E-state index contributed by atoms with van der Waals surface area (Å²) in [7, 11) is 0. The lowest BCUT2D eigenvalue weighted by Gasteiger charge is -2.49. The molecular weight excluding hydrogens is 1200 g/mol. The average molecular weight is 1280 g/mol. The number of fused-ring (bicyclic) bond motifs is 7. The predicted octanol–water partition coefficient (Wildman–Crippen LogP) is 25.4. The number of rotatable bonds is 9. The Hall–Kier alpha value is -11.3. The second-order valence-corrected chi connectivity index (χ2v) is 29.9. The van der Waals surface area contributed by atoms with Crippen molar-refractivity contribution in [3.63, 3.8) is 0 Å². The van der Waals surface area contributed by atoms with Crippen LogP contribution < -0.4 is 14.7 Å². The molecule has 0 N–H and O–H groups in total. The lowest BCUT2D eigenvalue weighted by Crippen LogP contribution is -2.36. The summed E-state index contributed by atoms with van der Waals surface area (Å²) in [4.78, 5) is 7.69. The molecule has 4 aliphatic heterocycles. The third-order valence-corrected chi connectivity index (χ3v) is 22.0. The standard InChI is InChI=1S/C94H78N4O/c1-90(2)73-53-66(60-29-17-11-18-30-60)41-47-79(73)96(80-48-42-67(54-74(80)90)61-31-19-12-20-32-61)87-72(59-95)85-86(94(9,10)99-93(85,7)8)88(97-81-49-43-68(62-33-21-13-22-34-62)55-75(81)91(3,4)76-56-69(44-50-82(76)97)63-35-23-14-24-36-63)89(87)98-83-51-45-70(64-37-25-15-26-38-64)57-77(83)92(5,6)78-58-71(46-52-84(78)98)65-39-27-16-28-40-65/h11-58H,1-10H3. The topological polar surface area (TPSA) is 42.7 Å². The van der Waals surface area contributed by atoms with Gasteiger partial charge >= 0.3 is 0 Å². The van der Waals surface area contributed by atoms with Crippen molar-refractivity contribution in [3.05, 3.63) is 341 Å². The van der Waals surface area contributed by atoms with E-state index in [0.717, 1.165) is 151 Å². The van der Waals surface area contributed by atoms with Crippen molar-refractivity contribution >= 4 is 51.2 Å². The van der Waals surface area contributed by atoms with Crippen LogP contribution in [0.15, 0.2) is 291 Å². The molecule has 5 nitrogen and oxygen atoms in total. The molecule has 17 rings (SSSR count). The van der Waals surface area contributed by atoms with Gasteiger partial charge in [0.2, 0.25) is 0 Å². The van der Waals surface area contributed by atoms with Crippen LogP contribution in [0.5, 0.6) is 0 Å². The molecule has 0 fully saturated rings. The third kappa shape index (κ3) is 9.59. The largest absolute Gasteiger partial charge is 0.360 e. The number of hydrogen-bond donors (Lipinski definition) is 0. The van der Waals surface area contributed by atoms with Gasteiger partial charge in [-0.05, 0) is 201 Å². The summed E-state index contributed by atoms with van der Waals surface area (Å²) in [6.07, 6.45) is 0. The van der Waals surface area contributed by atoms with Gasteiger partial charge in [0.05, 0.1) is 68.0 Å². The van der Waals surface area contributed by atoms with Crippen molar-refractivity contribution in [3.8, 4) is 72.8 Å². The van der Waals surface area contributed by atoms with Gasteiger partial charge in [0.1, 0.15) is 6.07 Å². The maximum absolute atomic E-state index is 13.1. The lowest BCUT2D eigenvalue weighted by molar-refractivity contribution is -0.105. The molecule has 0 aromatic heterocycles. The van der Waals surface area contributed by atoms with Crippen LogP contribution in [0.1, 0.15) is 119 Å². The second kappa shape index (κ2) is 22.6. The van der Waals surface area contributed by atoms with Gasteiger partial charge in [-0.1, -0.05) is 260 Å². The number of ether oxygens (including phenoxy) is 1. The van der Waals surface area contributed by atoms with E-state index in [1.54, 1.807) is 0 Å². The minimum atomic E-state index is -0.981. The Labute approximate surface area is 583 Å². The molecular formula is C94H78N4O. The molecule has 5 heteroatoms. The Morgan fingerprint density at radius 1 is 0.242 bits per heavy atom. The van der Waals surface area contributed by atoms with Gasteiger partial charge in [-0.25, -0.2) is 0 Å². The highest BCUT2D eigenvalue weighted by Gasteiger charge is 2.54. The van der Waals surface area contributed by atoms with E-state index in [2.05, 4.69) is 381 Å². The molecule has 4 aliphatic rings. The highest BCUT2D eigenvalue weighted by molar-refractivity contribution is 6.10. The van der Waals surface area contributed by atoms with Gasteiger partial charge in [0, 0.05) is 27.4 Å². The first-order chi connectivity index (χ1) is 47.8. The number of nitriles is 1. The molecule has 0 atom stereocenters. The Morgan fingerprint density at radius 3 is 0.687 bits per heavy atom. The second-order valence-electron chi connectivity index (χ2n) is 29.9. The molecule has 0 saturated heterocycles. The number of nitrogens with zero attached hydrogens (tertiary/aromatic N) is 4. The molecule has 480 valence electrons. The van der Waals surface area contributed by atoms with Gasteiger partial charge in [-0.2, -0.15) is 5.26 Å². The molecule has 0 saturated carbocycles. The summed E-state index contributed by atoms with van der Waals surface area (Å²) in [5, 5.41) is 13.1. The molecule has 0 amide bonds. The molecule has 0 bridgehead atoms. The zero-order valence-electron chi connectivity index (χ0n) is 57.9. The molecule has 0 aliphatic carbocycles. The van der Waals surface area contributed by atoms with Crippen LogP contribution in [-0.2, 0) is 32.2 Å². The van der Waals surface area contributed by atoms with Crippen LogP contribution in [0.2, 0.25) is 0 Å². The minimum Gasteiger partial charge on any atom is -0.360 e. The Morgan fingerprint density at radius 2 is 0.455 bits per heavy atom. The van der Waals surface area contributed by atoms with Crippen LogP contribution in [0.3, 0.4) is 0 Å². The minimum absolute atomic E-state index is 0.528. The smallest absolute Gasteiger partial charge is 0.102 e. The molecule has 4 heterocycles. The molecule has 99 heavy (non-hydrogen) atoms. The van der Waals surface area contributed by atoms with Gasteiger partial charge in [0.15, 0.2) is 0 Å². The highest BCUT2D eigenvalue weighted by Crippen LogP contribution is 2.69. The number of benzene rings is 13. The fourth-order valence-corrected chi connectivity index (χ4v) is 17.2. The summed E-state index contributed by atoms with van der Waals surface area (Å²) >= 11 is 0. The quantitative estimate of drug-likeness (QED) is 0.144. The van der Waals surface area contributed by atoms with Crippen molar-refractivity contribution in [2.75, 3.05) is 14.7 Å². The van der Waals surface area contributed by atoms with E-state index in [1.807, 2.05) is 0 Å². The van der Waals surface area contributed by atoms with E-state index >= 15 is 0 Å². The summed E-state index contributed by atoms with van der Waals surface area (Å²) < 4.78 is 7.72. The molecule has 13 aromatic rings. The Balaban J connectivity index is 1.09. The van der Waals surface area contributed by atoms with Crippen LogP contribution in [-0.4, -0.2) is 0 Å². The first-order valence-corrected chi connectivity index (χ1v) is 34.8. The van der Waals surface area contributed by atoms with Gasteiger partial charge in [-0.15, -0.1) is 0 Å². The Kier molecular flexibility index (Phi) is 14.0. The van der Waals surface area contributed by atoms with Crippen LogP contribution in [0.4, 0.5) is 51.2 Å². The van der Waals surface area contributed by atoms with Crippen molar-refractivity contribution in [2.45, 2.75) is 96.7 Å². The average Bonchev–Trinajstić information content (AvgIpc) is 1.67. The zero-order valence-corrected chi connectivity index (χ0v) is 57.9. The summed E-state index contributed by atoms with van der Waals surface area (Å²) in [5.41, 5.74) is 28.1. The van der Waals surface area contributed by atoms with Gasteiger partial charge in [-0.3, -0.25) is 0 Å². The third-order valence-electron chi connectivity index (χ3n) is 22.0. The van der Waals surface area contributed by atoms with Gasteiger partial charge in [0.25, 0.3) is 0 Å². The SMILES string of the molecule is CC1(C)OC(C)(C)c2c(N3c4ccc(-c5ccccc5)cc4C(C)(C)c4cc(-c5ccccc5)ccc43)c(N3c4ccc(-c5ccccc5)cc4C(C)(C)c4cc(-c5ccccc5)ccc43)c(N3c4ccc(-c5ccccc5)cc4C(C)(C)c4cc(-c5ccccc5)ccc43)c(C#N)c21. The zero-order chi connectivity index (χ0) is 67.9. The van der Waals surface area contributed by atoms with E-state index < -0.39 is 27.4 Å². The first-order valence-electron chi connectivity index (χ1n) is 34.8. The maximum atomic E-state index is 13.1. The van der Waals surface area contributed by atoms with E-state index in [9.17, 15) is 5.26 Å². The summed E-state index contributed by atoms with van der Waals surface area (Å²) in [6, 6.07) is 110. The molecule has 13 aromatic carbocycles. The normalized spacial score (nSPS) is 15.9. The predicted molar refractivity (Wildman–Crippen MR) is 411 cm³/mol. The summed E-state index contributed by atoms with van der Waals surface area (Å²) in [5.74, 6) is 0. The van der Waals surface area contributed by atoms with E-state index in [4.69, 9.17) is 4.74 Å². The highest BCUT2D eigenvalue weighted by atomic mass is 16.5. The fourth-order valence-electron chi connectivity index (χ4n) is 17.2. The van der Waals surface area contributed by atoms with Crippen LogP contribution in [0.25, 0.3) is 66.8 Å². The van der Waals surface area contributed by atoms with E-state index in [0.29, 0.717) is 5.56 Å². The van der Waals surface area contributed by atoms with Crippen molar-refractivity contribution < 1.29 is 4.74 Å².